The molecule has 0 fully saturated rings. The fourth-order valence-electron chi connectivity index (χ4n) is 1.23. The highest BCUT2D eigenvalue weighted by Crippen LogP contribution is 2.04. The van der Waals surface area contributed by atoms with E-state index < -0.39 is 0 Å². The predicted molar refractivity (Wildman–Crippen MR) is 54.4 cm³/mol. The van der Waals surface area contributed by atoms with Crippen molar-refractivity contribution in [2.45, 2.75) is 32.1 Å². The Hall–Kier alpha value is -1.18. The van der Waals surface area contributed by atoms with Crippen molar-refractivity contribution in [2.75, 3.05) is 0 Å². The van der Waals surface area contributed by atoms with Gasteiger partial charge in [0.1, 0.15) is 0 Å². The van der Waals surface area contributed by atoms with Crippen LogP contribution in [0.4, 0.5) is 0 Å². The minimum Gasteiger partial charge on any atom is -0.261 e. The van der Waals surface area contributed by atoms with Gasteiger partial charge in [-0.05, 0) is 25.7 Å². The van der Waals surface area contributed by atoms with Gasteiger partial charge in [-0.25, -0.2) is 0 Å². The molecule has 0 aliphatic heterocycles. The molecule has 1 aromatic heterocycles. The van der Waals surface area contributed by atoms with Crippen LogP contribution in [-0.2, 0) is 6.42 Å². The van der Waals surface area contributed by atoms with Crippen LogP contribution < -0.4 is 0 Å². The summed E-state index contributed by atoms with van der Waals surface area (Å²) >= 11 is 0. The van der Waals surface area contributed by atoms with Crippen molar-refractivity contribution in [3.8, 4) is 0 Å². The highest BCUT2D eigenvalue weighted by atomic mass is 14.8. The van der Waals surface area contributed by atoms with Crippen molar-refractivity contribution in [3.63, 3.8) is 0 Å². The lowest BCUT2D eigenvalue weighted by Crippen LogP contribution is -1.90. The fourth-order valence-corrected chi connectivity index (χ4v) is 1.23. The van der Waals surface area contributed by atoms with Gasteiger partial charge in [0, 0.05) is 18.6 Å². The Bertz CT molecular complexity index is 231. The summed E-state index contributed by atoms with van der Waals surface area (Å²) < 4.78 is 0. The summed E-state index contributed by atoms with van der Waals surface area (Å²) in [5, 5.41) is 0. The number of aryl methyl sites for hydroxylation is 1. The fraction of sp³-hybridized carbons (Fsp3) is 0.455. The lowest BCUT2D eigenvalue weighted by molar-refractivity contribution is 0.678. The van der Waals surface area contributed by atoms with Crippen LogP contribution in [0.5, 0.6) is 0 Å². The van der Waals surface area contributed by atoms with E-state index in [0.717, 1.165) is 18.5 Å². The van der Waals surface area contributed by atoms with Gasteiger partial charge in [0.15, 0.2) is 0 Å². The van der Waals surface area contributed by atoms with E-state index in [1.165, 1.54) is 19.3 Å². The van der Waals surface area contributed by atoms with Gasteiger partial charge in [-0.1, -0.05) is 12.5 Å². The molecule has 0 atom stereocenters. The number of unbranched alkanes of at least 4 members (excludes halogenated alkanes) is 3. The molecule has 0 bridgehead atoms. The summed E-state index contributed by atoms with van der Waals surface area (Å²) in [6, 6.07) is 0. The van der Waals surface area contributed by atoms with Crippen molar-refractivity contribution in [1.82, 2.24) is 9.97 Å². The van der Waals surface area contributed by atoms with Gasteiger partial charge in [-0.3, -0.25) is 9.97 Å². The first-order valence-corrected chi connectivity index (χ1v) is 4.79. The Morgan fingerprint density at radius 2 is 2.15 bits per heavy atom. The van der Waals surface area contributed by atoms with Crippen molar-refractivity contribution in [2.24, 2.45) is 0 Å². The van der Waals surface area contributed by atoms with Gasteiger partial charge in [-0.2, -0.15) is 0 Å². The first-order valence-electron chi connectivity index (χ1n) is 4.79. The van der Waals surface area contributed by atoms with Crippen LogP contribution in [0, 0.1) is 0 Å². The van der Waals surface area contributed by atoms with Crippen LogP contribution in [0.3, 0.4) is 0 Å². The van der Waals surface area contributed by atoms with Gasteiger partial charge in [0.25, 0.3) is 0 Å². The number of nitrogens with zero attached hydrogens (tertiary/aromatic N) is 2. The third-order valence-corrected chi connectivity index (χ3v) is 1.96. The molecule has 0 aliphatic rings. The zero-order chi connectivity index (χ0) is 9.36. The second-order valence-electron chi connectivity index (χ2n) is 3.08. The van der Waals surface area contributed by atoms with E-state index in [1.54, 1.807) is 12.4 Å². The maximum Gasteiger partial charge on any atom is 0.0586 e. The molecular weight excluding hydrogens is 160 g/mol. The van der Waals surface area contributed by atoms with Crippen LogP contribution >= 0.6 is 0 Å². The smallest absolute Gasteiger partial charge is 0.0586 e. The summed E-state index contributed by atoms with van der Waals surface area (Å²) in [6.45, 7) is 3.69. The quantitative estimate of drug-likeness (QED) is 0.492. The minimum absolute atomic E-state index is 1.05. The van der Waals surface area contributed by atoms with Gasteiger partial charge >= 0.3 is 0 Å². The number of hydrogen-bond acceptors (Lipinski definition) is 2. The zero-order valence-corrected chi connectivity index (χ0v) is 7.95. The van der Waals surface area contributed by atoms with E-state index in [2.05, 4.69) is 16.5 Å². The molecule has 0 saturated heterocycles. The van der Waals surface area contributed by atoms with Gasteiger partial charge in [-0.15, -0.1) is 6.58 Å². The molecule has 0 amide bonds. The standard InChI is InChI=1S/C11H16N2/c1-2-3-4-5-6-7-11-10-12-8-9-13-11/h2,8-10H,1,3-7H2. The van der Waals surface area contributed by atoms with E-state index in [9.17, 15) is 0 Å². The number of hydrogen-bond donors (Lipinski definition) is 0. The molecule has 13 heavy (non-hydrogen) atoms. The molecule has 0 aromatic carbocycles. The Labute approximate surface area is 79.7 Å². The molecule has 2 heteroatoms. The van der Waals surface area contributed by atoms with E-state index in [-0.39, 0.29) is 0 Å². The zero-order valence-electron chi connectivity index (χ0n) is 7.95. The van der Waals surface area contributed by atoms with E-state index in [4.69, 9.17) is 0 Å². The monoisotopic (exact) mass is 176 g/mol. The molecule has 70 valence electrons. The van der Waals surface area contributed by atoms with Crippen molar-refractivity contribution in [3.05, 3.63) is 36.9 Å². The van der Waals surface area contributed by atoms with Crippen LogP contribution in [0.15, 0.2) is 31.2 Å². The van der Waals surface area contributed by atoms with E-state index >= 15 is 0 Å². The van der Waals surface area contributed by atoms with Crippen molar-refractivity contribution in [1.29, 1.82) is 0 Å². The lowest BCUT2D eigenvalue weighted by atomic mass is 10.1. The summed E-state index contributed by atoms with van der Waals surface area (Å²) in [5.74, 6) is 0. The first-order chi connectivity index (χ1) is 6.43. The van der Waals surface area contributed by atoms with E-state index in [1.807, 2.05) is 12.3 Å². The number of rotatable bonds is 6. The maximum atomic E-state index is 4.21. The van der Waals surface area contributed by atoms with Crippen molar-refractivity contribution < 1.29 is 0 Å². The topological polar surface area (TPSA) is 25.8 Å². The molecule has 0 N–H and O–H groups in total. The van der Waals surface area contributed by atoms with Crippen LogP contribution in [0.25, 0.3) is 0 Å². The molecule has 1 aromatic rings. The Morgan fingerprint density at radius 1 is 1.23 bits per heavy atom. The number of aromatic nitrogens is 2. The summed E-state index contributed by atoms with van der Waals surface area (Å²) in [6.07, 6.45) is 13.1. The second kappa shape index (κ2) is 6.35. The van der Waals surface area contributed by atoms with Gasteiger partial charge in [0.2, 0.25) is 0 Å². The average molecular weight is 176 g/mol. The molecule has 1 heterocycles. The summed E-state index contributed by atoms with van der Waals surface area (Å²) in [7, 11) is 0. The largest absolute Gasteiger partial charge is 0.261 e. The third-order valence-electron chi connectivity index (χ3n) is 1.96. The Morgan fingerprint density at radius 3 is 2.85 bits per heavy atom. The normalized spacial score (nSPS) is 9.85. The molecule has 0 aliphatic carbocycles. The van der Waals surface area contributed by atoms with E-state index in [0.29, 0.717) is 0 Å². The SMILES string of the molecule is C=CCCCCCc1cnccn1. The lowest BCUT2D eigenvalue weighted by Gasteiger charge is -1.98. The van der Waals surface area contributed by atoms with Crippen LogP contribution in [0.1, 0.15) is 31.4 Å². The van der Waals surface area contributed by atoms with Crippen LogP contribution in [0.2, 0.25) is 0 Å². The molecular formula is C11H16N2. The van der Waals surface area contributed by atoms with Crippen molar-refractivity contribution >= 4 is 0 Å². The highest BCUT2D eigenvalue weighted by molar-refractivity contribution is 4.94. The Balaban J connectivity index is 2.10. The summed E-state index contributed by atoms with van der Waals surface area (Å²) in [4.78, 5) is 8.23. The minimum atomic E-state index is 1.05. The highest BCUT2D eigenvalue weighted by Gasteiger charge is 1.93. The average Bonchev–Trinajstić information content (AvgIpc) is 2.19. The number of allylic oxidation sites excluding steroid dienone is 1. The first kappa shape index (κ1) is 9.90. The third kappa shape index (κ3) is 4.41. The molecule has 2 nitrogen and oxygen atoms in total. The molecule has 0 radical (unpaired) electrons. The Kier molecular flexibility index (Phi) is 4.84. The van der Waals surface area contributed by atoms with Gasteiger partial charge in [0.05, 0.1) is 5.69 Å². The maximum absolute atomic E-state index is 4.21. The molecule has 0 spiro atoms. The second-order valence-corrected chi connectivity index (χ2v) is 3.08. The molecule has 0 saturated carbocycles. The molecule has 0 unspecified atom stereocenters. The molecule has 1 rings (SSSR count). The van der Waals surface area contributed by atoms with Gasteiger partial charge < -0.3 is 0 Å². The summed E-state index contributed by atoms with van der Waals surface area (Å²) in [5.41, 5.74) is 1.10. The predicted octanol–water partition coefficient (Wildman–Crippen LogP) is 2.77. The van der Waals surface area contributed by atoms with Crippen LogP contribution in [-0.4, -0.2) is 9.97 Å².